The molecule has 0 bridgehead atoms. The highest BCUT2D eigenvalue weighted by molar-refractivity contribution is 7.13. The van der Waals surface area contributed by atoms with Gasteiger partial charge in [0.1, 0.15) is 4.88 Å². The van der Waals surface area contributed by atoms with E-state index in [4.69, 9.17) is 4.98 Å². The zero-order chi connectivity index (χ0) is 15.8. The molecule has 1 heterocycles. The largest absolute Gasteiger partial charge is 0.477 e. The van der Waals surface area contributed by atoms with E-state index in [1.807, 2.05) is 20.8 Å². The van der Waals surface area contributed by atoms with Crippen LogP contribution in [0.4, 0.5) is 0 Å². The molecule has 1 aliphatic carbocycles. The molecular weight excluding hydrogens is 282 g/mol. The number of rotatable bonds is 3. The van der Waals surface area contributed by atoms with Crippen LogP contribution in [0.5, 0.6) is 0 Å². The van der Waals surface area contributed by atoms with E-state index >= 15 is 0 Å². The summed E-state index contributed by atoms with van der Waals surface area (Å²) in [6.07, 6.45) is 4.79. The fraction of sp³-hybridized carbons (Fsp3) is 0.765. The van der Waals surface area contributed by atoms with Crippen LogP contribution in [-0.2, 0) is 5.41 Å². The van der Waals surface area contributed by atoms with Crippen molar-refractivity contribution in [3.63, 3.8) is 0 Å². The van der Waals surface area contributed by atoms with Crippen molar-refractivity contribution in [3.8, 4) is 0 Å². The zero-order valence-corrected chi connectivity index (χ0v) is 14.6. The fourth-order valence-corrected chi connectivity index (χ4v) is 4.48. The van der Waals surface area contributed by atoms with Gasteiger partial charge < -0.3 is 5.11 Å². The first-order valence-corrected chi connectivity index (χ1v) is 8.76. The summed E-state index contributed by atoms with van der Waals surface area (Å²) in [6.45, 7) is 10.7. The Morgan fingerprint density at radius 1 is 1.24 bits per heavy atom. The van der Waals surface area contributed by atoms with Crippen molar-refractivity contribution in [1.29, 1.82) is 0 Å². The zero-order valence-electron chi connectivity index (χ0n) is 13.8. The van der Waals surface area contributed by atoms with Crippen LogP contribution in [0.1, 0.15) is 86.6 Å². The lowest BCUT2D eigenvalue weighted by Crippen LogP contribution is -2.18. The molecule has 4 heteroatoms. The van der Waals surface area contributed by atoms with Gasteiger partial charge in [0, 0.05) is 11.3 Å². The Balaban J connectivity index is 2.20. The average molecular weight is 309 g/mol. The Morgan fingerprint density at radius 3 is 2.19 bits per heavy atom. The van der Waals surface area contributed by atoms with Crippen LogP contribution in [0.3, 0.4) is 0 Å². The molecule has 0 radical (unpaired) electrons. The van der Waals surface area contributed by atoms with Crippen LogP contribution in [0.2, 0.25) is 0 Å². The molecule has 1 aromatic heterocycles. The van der Waals surface area contributed by atoms with Gasteiger partial charge in [0.25, 0.3) is 0 Å². The van der Waals surface area contributed by atoms with Gasteiger partial charge in [0.15, 0.2) is 0 Å². The molecular formula is C17H27NO2S. The van der Waals surface area contributed by atoms with Gasteiger partial charge in [-0.05, 0) is 37.5 Å². The molecule has 3 nitrogen and oxygen atoms in total. The molecule has 0 amide bonds. The molecule has 118 valence electrons. The van der Waals surface area contributed by atoms with Crippen LogP contribution in [0, 0.1) is 11.8 Å². The third kappa shape index (κ3) is 3.65. The van der Waals surface area contributed by atoms with Gasteiger partial charge in [-0.15, -0.1) is 11.3 Å². The second kappa shape index (κ2) is 6.07. The van der Waals surface area contributed by atoms with Crippen LogP contribution in [-0.4, -0.2) is 16.1 Å². The Labute approximate surface area is 131 Å². The molecule has 2 rings (SSSR count). The monoisotopic (exact) mass is 309 g/mol. The molecule has 21 heavy (non-hydrogen) atoms. The number of aromatic carboxylic acids is 1. The molecule has 0 aliphatic heterocycles. The number of hydrogen-bond acceptors (Lipinski definition) is 3. The van der Waals surface area contributed by atoms with Crippen LogP contribution < -0.4 is 0 Å². The second-order valence-corrected chi connectivity index (χ2v) is 8.67. The minimum Gasteiger partial charge on any atom is -0.477 e. The topological polar surface area (TPSA) is 50.2 Å². The summed E-state index contributed by atoms with van der Waals surface area (Å²) in [5.41, 5.74) is 0.540. The molecule has 0 saturated heterocycles. The average Bonchev–Trinajstić information content (AvgIpc) is 2.84. The molecule has 0 atom stereocenters. The van der Waals surface area contributed by atoms with E-state index in [9.17, 15) is 9.90 Å². The molecule has 1 fully saturated rings. The predicted molar refractivity (Wildman–Crippen MR) is 87.3 cm³/mol. The maximum absolute atomic E-state index is 11.5. The molecule has 1 aromatic rings. The summed E-state index contributed by atoms with van der Waals surface area (Å²) < 4.78 is 0. The minimum absolute atomic E-state index is 0.211. The van der Waals surface area contributed by atoms with E-state index in [-0.39, 0.29) is 5.41 Å². The summed E-state index contributed by atoms with van der Waals surface area (Å²) in [4.78, 5) is 16.6. The second-order valence-electron chi connectivity index (χ2n) is 7.64. The van der Waals surface area contributed by atoms with Crippen LogP contribution in [0.15, 0.2) is 0 Å². The standard InChI is InChI=1S/C17H27NO2S/c1-10(2)11-6-8-12(9-7-11)15-18-14(17(3,4)5)13(21-15)16(19)20/h10-12H,6-9H2,1-5H3,(H,19,20). The van der Waals surface area contributed by atoms with Crippen molar-refractivity contribution in [2.75, 3.05) is 0 Å². The lowest BCUT2D eigenvalue weighted by Gasteiger charge is -2.29. The normalized spacial score (nSPS) is 23.5. The van der Waals surface area contributed by atoms with Crippen molar-refractivity contribution >= 4 is 17.3 Å². The Kier molecular flexibility index (Phi) is 4.76. The van der Waals surface area contributed by atoms with Crippen molar-refractivity contribution in [2.45, 2.75) is 71.6 Å². The first-order chi connectivity index (χ1) is 9.70. The molecule has 1 aliphatic rings. The Morgan fingerprint density at radius 2 is 1.81 bits per heavy atom. The smallest absolute Gasteiger partial charge is 0.347 e. The fourth-order valence-electron chi connectivity index (χ4n) is 3.20. The van der Waals surface area contributed by atoms with Gasteiger partial charge in [-0.1, -0.05) is 34.6 Å². The third-order valence-corrected chi connectivity index (χ3v) is 5.82. The van der Waals surface area contributed by atoms with Crippen molar-refractivity contribution in [2.24, 2.45) is 11.8 Å². The summed E-state index contributed by atoms with van der Waals surface area (Å²) in [5, 5.41) is 10.5. The molecule has 0 spiro atoms. The third-order valence-electron chi connectivity index (χ3n) is 4.61. The number of nitrogens with zero attached hydrogens (tertiary/aromatic N) is 1. The lowest BCUT2D eigenvalue weighted by atomic mass is 9.77. The number of carboxylic acids is 1. The van der Waals surface area contributed by atoms with Crippen molar-refractivity contribution < 1.29 is 9.90 Å². The number of hydrogen-bond donors (Lipinski definition) is 1. The van der Waals surface area contributed by atoms with E-state index in [0.29, 0.717) is 10.8 Å². The Hall–Kier alpha value is -0.900. The van der Waals surface area contributed by atoms with Gasteiger partial charge in [0.05, 0.1) is 10.7 Å². The molecule has 0 aromatic carbocycles. The van der Waals surface area contributed by atoms with Crippen molar-refractivity contribution in [3.05, 3.63) is 15.6 Å². The van der Waals surface area contributed by atoms with Gasteiger partial charge in [-0.2, -0.15) is 0 Å². The number of aromatic nitrogens is 1. The highest BCUT2D eigenvalue weighted by Gasteiger charge is 2.31. The quantitative estimate of drug-likeness (QED) is 0.848. The number of carboxylic acid groups (broad SMARTS) is 1. The maximum atomic E-state index is 11.5. The predicted octanol–water partition coefficient (Wildman–Crippen LogP) is 5.07. The van der Waals surface area contributed by atoms with E-state index in [0.717, 1.165) is 35.4 Å². The van der Waals surface area contributed by atoms with Crippen molar-refractivity contribution in [1.82, 2.24) is 4.98 Å². The molecule has 1 N–H and O–H groups in total. The van der Waals surface area contributed by atoms with E-state index in [1.165, 1.54) is 24.2 Å². The first-order valence-electron chi connectivity index (χ1n) is 7.94. The molecule has 1 saturated carbocycles. The lowest BCUT2D eigenvalue weighted by molar-refractivity contribution is 0.0699. The van der Waals surface area contributed by atoms with E-state index in [2.05, 4.69) is 13.8 Å². The number of carbonyl (C=O) groups is 1. The van der Waals surface area contributed by atoms with Gasteiger partial charge in [-0.3, -0.25) is 0 Å². The van der Waals surface area contributed by atoms with Crippen LogP contribution >= 0.6 is 11.3 Å². The van der Waals surface area contributed by atoms with Gasteiger partial charge in [-0.25, -0.2) is 9.78 Å². The van der Waals surface area contributed by atoms with E-state index in [1.54, 1.807) is 0 Å². The van der Waals surface area contributed by atoms with Gasteiger partial charge >= 0.3 is 5.97 Å². The first kappa shape index (κ1) is 16.5. The summed E-state index contributed by atoms with van der Waals surface area (Å²) in [6, 6.07) is 0. The summed E-state index contributed by atoms with van der Waals surface area (Å²) in [7, 11) is 0. The Bertz CT molecular complexity index is 505. The van der Waals surface area contributed by atoms with Gasteiger partial charge in [0.2, 0.25) is 0 Å². The van der Waals surface area contributed by atoms with E-state index < -0.39 is 5.97 Å². The maximum Gasteiger partial charge on any atom is 0.347 e. The summed E-state index contributed by atoms with van der Waals surface area (Å²) >= 11 is 1.40. The SMILES string of the molecule is CC(C)C1CCC(c2nc(C(C)(C)C)c(C(=O)O)s2)CC1. The minimum atomic E-state index is -0.834. The summed E-state index contributed by atoms with van der Waals surface area (Å²) in [5.74, 6) is 1.20. The highest BCUT2D eigenvalue weighted by atomic mass is 32.1. The highest BCUT2D eigenvalue weighted by Crippen LogP contribution is 2.41. The molecule has 0 unspecified atom stereocenters. The number of thiazole rings is 1. The van der Waals surface area contributed by atoms with Crippen LogP contribution in [0.25, 0.3) is 0 Å².